The number of hydrogen-bond donors (Lipinski definition) is 2. The van der Waals surface area contributed by atoms with Crippen LogP contribution < -0.4 is 11.1 Å². The predicted molar refractivity (Wildman–Crippen MR) is 131 cm³/mol. The maximum atomic E-state index is 16.3. The zero-order valence-corrected chi connectivity index (χ0v) is 19.9. The number of nitrogens with one attached hydrogen (secondary N) is 1. The molecule has 0 aromatic carbocycles. The van der Waals surface area contributed by atoms with Crippen LogP contribution >= 0.6 is 11.3 Å². The van der Waals surface area contributed by atoms with E-state index in [1.165, 1.54) is 6.08 Å². The second kappa shape index (κ2) is 8.53. The van der Waals surface area contributed by atoms with E-state index >= 15 is 4.39 Å². The van der Waals surface area contributed by atoms with E-state index in [9.17, 15) is 9.65 Å². The highest BCUT2D eigenvalue weighted by atomic mass is 32.1. The van der Waals surface area contributed by atoms with Crippen LogP contribution in [-0.2, 0) is 4.74 Å². The molecular weight excluding hydrogens is 456 g/mol. The number of anilines is 1. The molecule has 176 valence electrons. The molecule has 0 amide bonds. The van der Waals surface area contributed by atoms with Crippen molar-refractivity contribution < 1.29 is 13.5 Å². The third-order valence-corrected chi connectivity index (χ3v) is 7.76. The van der Waals surface area contributed by atoms with Gasteiger partial charge in [-0.25, -0.2) is 13.8 Å². The van der Waals surface area contributed by atoms with Crippen molar-refractivity contribution in [2.24, 2.45) is 10.9 Å². The summed E-state index contributed by atoms with van der Waals surface area (Å²) in [6.07, 6.45) is 4.16. The number of guanidine groups is 1. The lowest BCUT2D eigenvalue weighted by Gasteiger charge is -2.32. The molecule has 9 heteroatoms. The number of rotatable bonds is 3. The SMILES string of the molecule is C=C(C1=C(F)C2N=C(N3CCC(C)C3)NC=C2C2=C1COC2)c1c(/C(F)=C\C)sc(N)c1C#N. The van der Waals surface area contributed by atoms with Crippen LogP contribution in [0, 0.1) is 17.2 Å². The number of nitriles is 1. The van der Waals surface area contributed by atoms with Gasteiger partial charge in [0.15, 0.2) is 5.96 Å². The molecule has 34 heavy (non-hydrogen) atoms. The Morgan fingerprint density at radius 3 is 2.88 bits per heavy atom. The van der Waals surface area contributed by atoms with E-state index in [1.54, 1.807) is 6.92 Å². The predicted octanol–water partition coefficient (Wildman–Crippen LogP) is 4.66. The van der Waals surface area contributed by atoms with Gasteiger partial charge in [-0.15, -0.1) is 11.3 Å². The van der Waals surface area contributed by atoms with Crippen molar-refractivity contribution in [3.05, 3.63) is 63.0 Å². The first-order valence-corrected chi connectivity index (χ1v) is 12.0. The lowest BCUT2D eigenvalue weighted by atomic mass is 9.80. The van der Waals surface area contributed by atoms with Gasteiger partial charge in [0.05, 0.1) is 23.7 Å². The Morgan fingerprint density at radius 1 is 1.44 bits per heavy atom. The molecule has 1 aromatic rings. The summed E-state index contributed by atoms with van der Waals surface area (Å²) in [7, 11) is 0. The smallest absolute Gasteiger partial charge is 0.199 e. The van der Waals surface area contributed by atoms with E-state index in [0.29, 0.717) is 24.1 Å². The number of thiophene rings is 1. The maximum absolute atomic E-state index is 16.3. The third kappa shape index (κ3) is 3.40. The molecule has 3 aliphatic heterocycles. The highest BCUT2D eigenvalue weighted by Crippen LogP contribution is 2.49. The summed E-state index contributed by atoms with van der Waals surface area (Å²) in [5, 5.41) is 13.1. The fourth-order valence-electron chi connectivity index (χ4n) is 4.99. The fourth-order valence-corrected chi connectivity index (χ4v) is 6.00. The number of fused-ring (bicyclic) bond motifs is 2. The Kier molecular flexibility index (Phi) is 5.66. The highest BCUT2D eigenvalue weighted by molar-refractivity contribution is 7.17. The number of halogens is 2. The topological polar surface area (TPSA) is 86.7 Å². The van der Waals surface area contributed by atoms with Crippen molar-refractivity contribution >= 4 is 33.7 Å². The van der Waals surface area contributed by atoms with Gasteiger partial charge >= 0.3 is 0 Å². The molecule has 6 nitrogen and oxygen atoms in total. The van der Waals surface area contributed by atoms with E-state index in [-0.39, 0.29) is 38.8 Å². The lowest BCUT2D eigenvalue weighted by molar-refractivity contribution is 0.206. The van der Waals surface area contributed by atoms with E-state index in [1.807, 2.05) is 12.3 Å². The van der Waals surface area contributed by atoms with E-state index < -0.39 is 17.7 Å². The number of likely N-dealkylation sites (tertiary alicyclic amines) is 1. The van der Waals surface area contributed by atoms with Crippen LogP contribution in [0.3, 0.4) is 0 Å². The van der Waals surface area contributed by atoms with Crippen molar-refractivity contribution in [1.29, 1.82) is 5.26 Å². The van der Waals surface area contributed by atoms with Crippen molar-refractivity contribution in [3.63, 3.8) is 0 Å². The number of aliphatic imine (C=N–C) groups is 1. The van der Waals surface area contributed by atoms with Crippen LogP contribution in [-0.4, -0.2) is 43.2 Å². The number of hydrogen-bond acceptors (Lipinski definition) is 7. The van der Waals surface area contributed by atoms with Crippen molar-refractivity contribution in [2.45, 2.75) is 26.3 Å². The zero-order chi connectivity index (χ0) is 24.1. The van der Waals surface area contributed by atoms with Crippen LogP contribution in [0.5, 0.6) is 0 Å². The molecule has 0 bridgehead atoms. The van der Waals surface area contributed by atoms with Gasteiger partial charge in [-0.2, -0.15) is 5.26 Å². The third-order valence-electron chi connectivity index (χ3n) is 6.73. The summed E-state index contributed by atoms with van der Waals surface area (Å²) in [6.45, 7) is 10.1. The normalized spacial score (nSPS) is 24.4. The summed E-state index contributed by atoms with van der Waals surface area (Å²) in [5.41, 5.74) is 9.03. The van der Waals surface area contributed by atoms with Gasteiger partial charge in [0.25, 0.3) is 0 Å². The van der Waals surface area contributed by atoms with Gasteiger partial charge in [-0.1, -0.05) is 19.6 Å². The van der Waals surface area contributed by atoms with Crippen LogP contribution in [0.25, 0.3) is 11.4 Å². The Bertz CT molecular complexity index is 1290. The molecular formula is C25H25F2N5OS. The van der Waals surface area contributed by atoms with E-state index in [4.69, 9.17) is 15.5 Å². The Morgan fingerprint density at radius 2 is 2.21 bits per heavy atom. The lowest BCUT2D eigenvalue weighted by Crippen LogP contribution is -2.42. The van der Waals surface area contributed by atoms with Crippen LogP contribution in [0.15, 0.2) is 52.0 Å². The molecule has 0 spiro atoms. The zero-order valence-electron chi connectivity index (χ0n) is 19.0. The molecule has 1 fully saturated rings. The van der Waals surface area contributed by atoms with Gasteiger partial charge < -0.3 is 20.7 Å². The van der Waals surface area contributed by atoms with Crippen molar-refractivity contribution in [2.75, 3.05) is 32.0 Å². The molecule has 5 rings (SSSR count). The second-order valence-electron chi connectivity index (χ2n) is 8.88. The van der Waals surface area contributed by atoms with Crippen molar-refractivity contribution in [1.82, 2.24) is 10.2 Å². The average molecular weight is 482 g/mol. The van der Waals surface area contributed by atoms with Gasteiger partial charge in [0.2, 0.25) is 0 Å². The summed E-state index contributed by atoms with van der Waals surface area (Å²) in [4.78, 5) is 7.03. The molecule has 2 unspecified atom stereocenters. The summed E-state index contributed by atoms with van der Waals surface area (Å²) in [6, 6.07) is 1.19. The standard InChI is InChI=1S/C25H25F2N5OS/c1-4-18(26)23-20(14(7-28)24(29)34-23)13(3)19-17-11-33-10-16(17)15-8-30-25(31-22(15)21(19)27)32-6-5-12(2)9-32/h4,8,12,22H,3,5-6,9-11,29H2,1-2H3,(H,30,31)/b18-4+. The molecule has 0 radical (unpaired) electrons. The fraction of sp³-hybridized carbons (Fsp3) is 0.360. The monoisotopic (exact) mass is 481 g/mol. The first-order valence-electron chi connectivity index (χ1n) is 11.2. The van der Waals surface area contributed by atoms with Gasteiger partial charge in [0, 0.05) is 36.0 Å². The first kappa shape index (κ1) is 22.6. The summed E-state index contributed by atoms with van der Waals surface area (Å²) < 4.78 is 36.7. The Balaban J connectivity index is 1.64. The molecule has 1 saturated heterocycles. The van der Waals surface area contributed by atoms with Gasteiger partial charge in [-0.3, -0.25) is 0 Å². The molecule has 4 heterocycles. The minimum Gasteiger partial charge on any atom is -0.389 e. The number of ether oxygens (including phenoxy) is 1. The number of nitrogen functional groups attached to an aromatic ring is 1. The van der Waals surface area contributed by atoms with Gasteiger partial charge in [0.1, 0.15) is 28.8 Å². The quantitative estimate of drug-likeness (QED) is 0.656. The molecule has 2 atom stereocenters. The Labute approximate surface area is 201 Å². The minimum atomic E-state index is -0.851. The maximum Gasteiger partial charge on any atom is 0.199 e. The van der Waals surface area contributed by atoms with Gasteiger partial charge in [-0.05, 0) is 36.0 Å². The molecule has 0 saturated carbocycles. The van der Waals surface area contributed by atoms with Crippen LogP contribution in [0.2, 0.25) is 0 Å². The van der Waals surface area contributed by atoms with Crippen LogP contribution in [0.1, 0.15) is 36.3 Å². The minimum absolute atomic E-state index is 0.102. The summed E-state index contributed by atoms with van der Waals surface area (Å²) >= 11 is 0.960. The second-order valence-corrected chi connectivity index (χ2v) is 9.94. The van der Waals surface area contributed by atoms with Crippen LogP contribution in [0.4, 0.5) is 13.8 Å². The van der Waals surface area contributed by atoms with E-state index in [0.717, 1.165) is 42.0 Å². The van der Waals surface area contributed by atoms with E-state index in [2.05, 4.69) is 23.7 Å². The highest BCUT2D eigenvalue weighted by Gasteiger charge is 2.40. The largest absolute Gasteiger partial charge is 0.389 e. The summed E-state index contributed by atoms with van der Waals surface area (Å²) in [5.74, 6) is 0.170. The van der Waals surface area contributed by atoms with Crippen molar-refractivity contribution in [3.8, 4) is 6.07 Å². The number of nitrogens with two attached hydrogens (primary N) is 1. The first-order chi connectivity index (χ1) is 16.3. The molecule has 4 aliphatic rings. The Hall–Kier alpha value is -3.22. The molecule has 1 aliphatic carbocycles. The molecule has 3 N–H and O–H groups in total. The molecule has 1 aromatic heterocycles. The number of nitrogens with zero attached hydrogens (tertiary/aromatic N) is 3. The number of allylic oxidation sites excluding steroid dienone is 2. The average Bonchev–Trinajstić information content (AvgIpc) is 3.56.